The largest absolute Gasteiger partial charge is 0.478 e. The van der Waals surface area contributed by atoms with Crippen molar-refractivity contribution >= 4 is 28.3 Å². The highest BCUT2D eigenvalue weighted by atomic mass is 19.1. The number of fused-ring (bicyclic) bond motifs is 1. The molecule has 35 heavy (non-hydrogen) atoms. The van der Waals surface area contributed by atoms with Gasteiger partial charge in [-0.2, -0.15) is 0 Å². The molecular formula is C28H26FN3O3. The van der Waals surface area contributed by atoms with Crippen LogP contribution in [-0.2, 0) is 4.74 Å². The average molecular weight is 472 g/mol. The summed E-state index contributed by atoms with van der Waals surface area (Å²) in [6.07, 6.45) is 1.65. The molecule has 3 aromatic carbocycles. The van der Waals surface area contributed by atoms with Crippen LogP contribution in [0.15, 0.2) is 60.7 Å². The smallest absolute Gasteiger partial charge is 0.335 e. The molecule has 6 nitrogen and oxygen atoms in total. The summed E-state index contributed by atoms with van der Waals surface area (Å²) in [4.78, 5) is 11.5. The number of rotatable bonds is 5. The van der Waals surface area contributed by atoms with Crippen molar-refractivity contribution in [3.05, 3.63) is 83.3 Å². The number of halogens is 1. The van der Waals surface area contributed by atoms with Gasteiger partial charge in [-0.25, -0.2) is 9.18 Å². The molecular weight excluding hydrogens is 445 g/mol. The molecule has 2 heterocycles. The van der Waals surface area contributed by atoms with Gasteiger partial charge in [-0.15, -0.1) is 0 Å². The van der Waals surface area contributed by atoms with Gasteiger partial charge in [-0.3, -0.25) is 0 Å². The fraction of sp³-hybridized carbons (Fsp3) is 0.214. The normalized spacial score (nSPS) is 14.3. The predicted octanol–water partition coefficient (Wildman–Crippen LogP) is 6.00. The molecule has 0 aliphatic carbocycles. The first-order valence-corrected chi connectivity index (χ1v) is 11.6. The van der Waals surface area contributed by atoms with E-state index >= 15 is 0 Å². The monoisotopic (exact) mass is 471 g/mol. The lowest BCUT2D eigenvalue weighted by atomic mass is 9.89. The number of nitrogen functional groups attached to an aromatic ring is 1. The number of aromatic nitrogens is 1. The van der Waals surface area contributed by atoms with Gasteiger partial charge in [0.2, 0.25) is 0 Å². The molecule has 4 N–H and O–H groups in total. The van der Waals surface area contributed by atoms with Gasteiger partial charge in [0, 0.05) is 58.4 Å². The zero-order valence-electron chi connectivity index (χ0n) is 19.3. The lowest BCUT2D eigenvalue weighted by Crippen LogP contribution is -2.17. The van der Waals surface area contributed by atoms with Gasteiger partial charge in [-0.05, 0) is 73.9 Å². The van der Waals surface area contributed by atoms with E-state index in [0.717, 1.165) is 46.3 Å². The number of benzene rings is 3. The SMILES string of the molecule is CC(=N)c1cc2c(cc1N)c(-c1ccc(C(=O)O)cc1)c(C1CCOCC1)n2-c1ccc(F)cc1. The van der Waals surface area contributed by atoms with Crippen LogP contribution in [0.2, 0.25) is 0 Å². The summed E-state index contributed by atoms with van der Waals surface area (Å²) in [5.41, 5.74) is 12.7. The average Bonchev–Trinajstić information content (AvgIpc) is 3.18. The van der Waals surface area contributed by atoms with Gasteiger partial charge in [0.25, 0.3) is 0 Å². The fourth-order valence-electron chi connectivity index (χ4n) is 5.00. The topological polar surface area (TPSA) is 101 Å². The first-order valence-electron chi connectivity index (χ1n) is 11.6. The van der Waals surface area contributed by atoms with Crippen LogP contribution in [0.25, 0.3) is 27.7 Å². The third-order valence-electron chi connectivity index (χ3n) is 6.69. The van der Waals surface area contributed by atoms with Crippen LogP contribution < -0.4 is 5.73 Å². The van der Waals surface area contributed by atoms with Gasteiger partial charge in [0.1, 0.15) is 5.82 Å². The first kappa shape index (κ1) is 22.8. The van der Waals surface area contributed by atoms with Gasteiger partial charge in [-0.1, -0.05) is 12.1 Å². The number of hydrogen-bond acceptors (Lipinski definition) is 4. The van der Waals surface area contributed by atoms with Crippen molar-refractivity contribution < 1.29 is 19.0 Å². The summed E-state index contributed by atoms with van der Waals surface area (Å²) < 4.78 is 21.6. The van der Waals surface area contributed by atoms with E-state index in [1.54, 1.807) is 31.2 Å². The van der Waals surface area contributed by atoms with Gasteiger partial charge in [0.05, 0.1) is 11.1 Å². The number of nitrogens with two attached hydrogens (primary N) is 1. The molecule has 1 aromatic heterocycles. The van der Waals surface area contributed by atoms with E-state index in [9.17, 15) is 14.3 Å². The van der Waals surface area contributed by atoms with E-state index in [4.69, 9.17) is 15.9 Å². The maximum atomic E-state index is 13.8. The van der Waals surface area contributed by atoms with Crippen LogP contribution in [0.4, 0.5) is 10.1 Å². The maximum absolute atomic E-state index is 13.8. The standard InChI is InChI=1S/C28H26FN3O3/c1-16(30)22-15-25-23(14-24(22)31)26(17-2-4-19(5-3-17)28(33)34)27(18-10-12-35-13-11-18)32(25)21-8-6-20(29)7-9-21/h2-9,14-15,18,30H,10-13,31H2,1H3,(H,33,34). The molecule has 1 aliphatic heterocycles. The van der Waals surface area contributed by atoms with Crippen LogP contribution in [0.5, 0.6) is 0 Å². The molecule has 1 fully saturated rings. The highest BCUT2D eigenvalue weighted by molar-refractivity contribution is 6.09. The number of anilines is 1. The van der Waals surface area contributed by atoms with Crippen molar-refractivity contribution in [2.75, 3.05) is 18.9 Å². The quantitative estimate of drug-likeness (QED) is 0.245. The van der Waals surface area contributed by atoms with Crippen molar-refractivity contribution in [3.8, 4) is 16.8 Å². The Labute approximate surface area is 202 Å². The van der Waals surface area contributed by atoms with Gasteiger partial charge in [0.15, 0.2) is 0 Å². The number of carbonyl (C=O) groups is 1. The minimum atomic E-state index is -0.981. The van der Waals surface area contributed by atoms with Crippen LogP contribution >= 0.6 is 0 Å². The summed E-state index contributed by atoms with van der Waals surface area (Å²) in [6, 6.07) is 17.1. The Morgan fingerprint density at radius 3 is 2.34 bits per heavy atom. The van der Waals surface area contributed by atoms with Crippen LogP contribution in [0.1, 0.15) is 47.3 Å². The molecule has 5 rings (SSSR count). The summed E-state index contributed by atoms with van der Waals surface area (Å²) in [7, 11) is 0. The van der Waals surface area contributed by atoms with Crippen molar-refractivity contribution in [2.45, 2.75) is 25.7 Å². The van der Waals surface area contributed by atoms with Crippen molar-refractivity contribution in [1.82, 2.24) is 4.57 Å². The summed E-state index contributed by atoms with van der Waals surface area (Å²) >= 11 is 0. The van der Waals surface area contributed by atoms with Crippen molar-refractivity contribution in [1.29, 1.82) is 5.41 Å². The number of aromatic carboxylic acids is 1. The first-order chi connectivity index (χ1) is 16.8. The molecule has 1 aliphatic rings. The summed E-state index contributed by atoms with van der Waals surface area (Å²) in [6.45, 7) is 2.98. The minimum Gasteiger partial charge on any atom is -0.478 e. The summed E-state index contributed by atoms with van der Waals surface area (Å²) in [5, 5.41) is 18.5. The van der Waals surface area contributed by atoms with Crippen LogP contribution in [0, 0.1) is 11.2 Å². The lowest BCUT2D eigenvalue weighted by molar-refractivity contribution is 0.0697. The zero-order valence-corrected chi connectivity index (χ0v) is 19.3. The number of carboxylic acid groups (broad SMARTS) is 1. The molecule has 0 bridgehead atoms. The Bertz CT molecular complexity index is 1430. The molecule has 0 unspecified atom stereocenters. The second-order valence-electron chi connectivity index (χ2n) is 8.92. The molecule has 1 saturated heterocycles. The van der Waals surface area contributed by atoms with Crippen LogP contribution in [0.3, 0.4) is 0 Å². The number of ether oxygens (including phenoxy) is 1. The van der Waals surface area contributed by atoms with Gasteiger partial charge >= 0.3 is 5.97 Å². The molecule has 178 valence electrons. The molecule has 0 spiro atoms. The Hall–Kier alpha value is -3.97. The molecule has 0 radical (unpaired) electrons. The predicted molar refractivity (Wildman–Crippen MR) is 135 cm³/mol. The van der Waals surface area contributed by atoms with Crippen molar-refractivity contribution in [3.63, 3.8) is 0 Å². The van der Waals surface area contributed by atoms with E-state index in [2.05, 4.69) is 4.57 Å². The Kier molecular flexibility index (Phi) is 5.86. The second kappa shape index (κ2) is 9.00. The van der Waals surface area contributed by atoms with E-state index in [0.29, 0.717) is 30.2 Å². The van der Waals surface area contributed by atoms with E-state index in [1.165, 1.54) is 12.1 Å². The second-order valence-corrected chi connectivity index (χ2v) is 8.92. The van der Waals surface area contributed by atoms with E-state index in [-0.39, 0.29) is 17.3 Å². The molecule has 4 aromatic rings. The lowest BCUT2D eigenvalue weighted by Gasteiger charge is -2.26. The van der Waals surface area contributed by atoms with Crippen LogP contribution in [-0.4, -0.2) is 34.6 Å². The molecule has 0 atom stereocenters. The van der Waals surface area contributed by atoms with Crippen molar-refractivity contribution in [2.24, 2.45) is 0 Å². The van der Waals surface area contributed by atoms with E-state index in [1.807, 2.05) is 24.3 Å². The maximum Gasteiger partial charge on any atom is 0.335 e. The third kappa shape index (κ3) is 4.08. The highest BCUT2D eigenvalue weighted by Crippen LogP contribution is 2.44. The fourth-order valence-corrected chi connectivity index (χ4v) is 5.00. The third-order valence-corrected chi connectivity index (χ3v) is 6.69. The Morgan fingerprint density at radius 2 is 1.74 bits per heavy atom. The molecule has 7 heteroatoms. The highest BCUT2D eigenvalue weighted by Gasteiger charge is 2.28. The zero-order chi connectivity index (χ0) is 24.7. The summed E-state index contributed by atoms with van der Waals surface area (Å²) in [5.74, 6) is -1.13. The molecule has 0 saturated carbocycles. The number of carboxylic acids is 1. The molecule has 0 amide bonds. The number of hydrogen-bond donors (Lipinski definition) is 3. The minimum absolute atomic E-state index is 0.168. The Balaban J connectivity index is 1.89. The van der Waals surface area contributed by atoms with Gasteiger partial charge < -0.3 is 25.6 Å². The number of nitrogens with zero attached hydrogens (tertiary/aromatic N) is 1. The van der Waals surface area contributed by atoms with E-state index < -0.39 is 5.97 Å². The Morgan fingerprint density at radius 1 is 1.09 bits per heavy atom. The number of nitrogens with one attached hydrogen (secondary N) is 1.